The van der Waals surface area contributed by atoms with Crippen LogP contribution in [-0.4, -0.2) is 19.6 Å². The maximum atomic E-state index is 14.5. The maximum absolute atomic E-state index is 14.5. The molecule has 1 fully saturated rings. The highest BCUT2D eigenvalue weighted by atomic mass is 35.5. The zero-order valence-corrected chi connectivity index (χ0v) is 14.5. The standard InChI is InChI=1S/C17H12ClF5N4/c18-16-9(8-10(19)12(21)14(23)13(22)11(8)20)15(7-4-2-1-3-5-7)27-17(26-16)24-6-25-27/h6-7H,1-5H2. The van der Waals surface area contributed by atoms with E-state index in [1.165, 1.54) is 10.8 Å². The first-order valence-electron chi connectivity index (χ1n) is 8.32. The number of rotatable bonds is 2. The number of nitrogens with zero attached hydrogens (tertiary/aromatic N) is 4. The van der Waals surface area contributed by atoms with Crippen molar-refractivity contribution < 1.29 is 22.0 Å². The predicted molar refractivity (Wildman–Crippen MR) is 86.8 cm³/mol. The van der Waals surface area contributed by atoms with Gasteiger partial charge < -0.3 is 0 Å². The van der Waals surface area contributed by atoms with Crippen molar-refractivity contribution in [3.63, 3.8) is 0 Å². The van der Waals surface area contributed by atoms with Crippen LogP contribution in [-0.2, 0) is 0 Å². The SMILES string of the molecule is Fc1c(F)c(F)c(-c2c(Cl)nc3ncnn3c2C2CCCCC2)c(F)c1F. The molecule has 0 bridgehead atoms. The molecular formula is C17H12ClF5N4. The van der Waals surface area contributed by atoms with Crippen LogP contribution in [0.3, 0.4) is 0 Å². The zero-order chi connectivity index (χ0) is 19.3. The van der Waals surface area contributed by atoms with Crippen LogP contribution in [0.2, 0.25) is 5.15 Å². The minimum atomic E-state index is -2.22. The molecule has 1 aromatic carbocycles. The lowest BCUT2D eigenvalue weighted by molar-refractivity contribution is 0.380. The van der Waals surface area contributed by atoms with E-state index in [1.807, 2.05) is 0 Å². The largest absolute Gasteiger partial charge is 0.253 e. The van der Waals surface area contributed by atoms with Gasteiger partial charge in [0, 0.05) is 11.5 Å². The van der Waals surface area contributed by atoms with E-state index in [0.717, 1.165) is 19.3 Å². The fraction of sp³-hybridized carbons (Fsp3) is 0.353. The Balaban J connectivity index is 2.10. The molecule has 4 rings (SSSR count). The molecule has 0 saturated heterocycles. The zero-order valence-electron chi connectivity index (χ0n) is 13.7. The molecule has 3 aromatic rings. The van der Waals surface area contributed by atoms with Crippen LogP contribution >= 0.6 is 11.6 Å². The minimum Gasteiger partial charge on any atom is -0.203 e. The number of hydrogen-bond donors (Lipinski definition) is 0. The highest BCUT2D eigenvalue weighted by Gasteiger charge is 2.33. The van der Waals surface area contributed by atoms with Crippen LogP contribution in [0.1, 0.15) is 43.7 Å². The molecular weight excluding hydrogens is 391 g/mol. The lowest BCUT2D eigenvalue weighted by Crippen LogP contribution is -2.15. The monoisotopic (exact) mass is 402 g/mol. The van der Waals surface area contributed by atoms with Crippen molar-refractivity contribution in [3.8, 4) is 11.1 Å². The van der Waals surface area contributed by atoms with E-state index in [2.05, 4.69) is 15.1 Å². The molecule has 0 aliphatic heterocycles. The molecule has 4 nitrogen and oxygen atoms in total. The smallest absolute Gasteiger partial charge is 0.203 e. The Bertz CT molecular complexity index is 1020. The van der Waals surface area contributed by atoms with Gasteiger partial charge in [0.05, 0.1) is 11.3 Å². The van der Waals surface area contributed by atoms with Gasteiger partial charge in [-0.25, -0.2) is 26.5 Å². The van der Waals surface area contributed by atoms with Gasteiger partial charge in [-0.1, -0.05) is 30.9 Å². The third kappa shape index (κ3) is 2.75. The van der Waals surface area contributed by atoms with Crippen molar-refractivity contribution in [2.24, 2.45) is 0 Å². The lowest BCUT2D eigenvalue weighted by Gasteiger charge is -2.25. The van der Waals surface area contributed by atoms with Crippen LogP contribution in [0.25, 0.3) is 16.9 Å². The lowest BCUT2D eigenvalue weighted by atomic mass is 9.84. The molecule has 0 unspecified atom stereocenters. The summed E-state index contributed by atoms with van der Waals surface area (Å²) in [6.45, 7) is 0. The highest BCUT2D eigenvalue weighted by molar-refractivity contribution is 6.32. The van der Waals surface area contributed by atoms with Crippen molar-refractivity contribution in [3.05, 3.63) is 46.3 Å². The first-order valence-corrected chi connectivity index (χ1v) is 8.70. The summed E-state index contributed by atoms with van der Waals surface area (Å²) in [5.74, 6) is -10.3. The average Bonchev–Trinajstić information content (AvgIpc) is 3.13. The van der Waals surface area contributed by atoms with Gasteiger partial charge in [-0.3, -0.25) is 0 Å². The van der Waals surface area contributed by atoms with Crippen molar-refractivity contribution in [1.82, 2.24) is 19.6 Å². The van der Waals surface area contributed by atoms with E-state index >= 15 is 0 Å². The molecule has 0 N–H and O–H groups in total. The summed E-state index contributed by atoms with van der Waals surface area (Å²) >= 11 is 6.14. The predicted octanol–water partition coefficient (Wildman–Crippen LogP) is 5.19. The number of halogens is 6. The topological polar surface area (TPSA) is 43.1 Å². The van der Waals surface area contributed by atoms with Gasteiger partial charge in [-0.15, -0.1) is 0 Å². The van der Waals surface area contributed by atoms with E-state index in [1.54, 1.807) is 0 Å². The van der Waals surface area contributed by atoms with E-state index in [0.29, 0.717) is 12.8 Å². The van der Waals surface area contributed by atoms with Gasteiger partial charge in [0.15, 0.2) is 23.3 Å². The summed E-state index contributed by atoms with van der Waals surface area (Å²) in [6.07, 6.45) is 5.23. The number of fused-ring (bicyclic) bond motifs is 1. The molecule has 27 heavy (non-hydrogen) atoms. The molecule has 1 aliphatic carbocycles. The van der Waals surface area contributed by atoms with Gasteiger partial charge in [0.25, 0.3) is 5.78 Å². The fourth-order valence-electron chi connectivity index (χ4n) is 3.65. The van der Waals surface area contributed by atoms with Crippen LogP contribution in [0, 0.1) is 29.1 Å². The van der Waals surface area contributed by atoms with Gasteiger partial charge in [-0.05, 0) is 12.8 Å². The molecule has 1 aliphatic rings. The Morgan fingerprint density at radius 2 is 1.44 bits per heavy atom. The average molecular weight is 403 g/mol. The Morgan fingerprint density at radius 3 is 2.07 bits per heavy atom. The molecule has 0 radical (unpaired) electrons. The van der Waals surface area contributed by atoms with Gasteiger partial charge in [0.1, 0.15) is 11.5 Å². The molecule has 2 aromatic heterocycles. The van der Waals surface area contributed by atoms with E-state index in [-0.39, 0.29) is 28.1 Å². The summed E-state index contributed by atoms with van der Waals surface area (Å²) in [6, 6.07) is 0. The van der Waals surface area contributed by atoms with Crippen LogP contribution in [0.4, 0.5) is 22.0 Å². The summed E-state index contributed by atoms with van der Waals surface area (Å²) < 4.78 is 71.3. The number of aromatic nitrogens is 4. The molecule has 1 saturated carbocycles. The molecule has 0 spiro atoms. The summed E-state index contributed by atoms with van der Waals surface area (Å²) in [7, 11) is 0. The summed E-state index contributed by atoms with van der Waals surface area (Å²) in [5.41, 5.74) is -1.18. The quantitative estimate of drug-likeness (QED) is 0.256. The minimum absolute atomic E-state index is 0.0909. The number of benzene rings is 1. The van der Waals surface area contributed by atoms with Crippen molar-refractivity contribution in [2.45, 2.75) is 38.0 Å². The Morgan fingerprint density at radius 1 is 0.852 bits per heavy atom. The summed E-state index contributed by atoms with van der Waals surface area (Å²) in [4.78, 5) is 7.84. The maximum Gasteiger partial charge on any atom is 0.253 e. The van der Waals surface area contributed by atoms with Crippen molar-refractivity contribution in [1.29, 1.82) is 0 Å². The number of hydrogen-bond acceptors (Lipinski definition) is 3. The third-order valence-electron chi connectivity index (χ3n) is 4.87. The first kappa shape index (κ1) is 18.1. The van der Waals surface area contributed by atoms with Gasteiger partial charge in [-0.2, -0.15) is 15.1 Å². The van der Waals surface area contributed by atoms with E-state index in [4.69, 9.17) is 11.6 Å². The van der Waals surface area contributed by atoms with E-state index < -0.39 is 34.6 Å². The fourth-order valence-corrected chi connectivity index (χ4v) is 3.91. The second kappa shape index (κ2) is 6.70. The Hall–Kier alpha value is -2.29. The molecule has 2 heterocycles. The summed E-state index contributed by atoms with van der Waals surface area (Å²) in [5, 5.41) is 3.63. The second-order valence-electron chi connectivity index (χ2n) is 6.41. The molecule has 142 valence electrons. The Kier molecular flexibility index (Phi) is 4.49. The second-order valence-corrected chi connectivity index (χ2v) is 6.77. The van der Waals surface area contributed by atoms with Crippen molar-refractivity contribution in [2.75, 3.05) is 0 Å². The highest BCUT2D eigenvalue weighted by Crippen LogP contribution is 2.43. The van der Waals surface area contributed by atoms with Crippen LogP contribution in [0.5, 0.6) is 0 Å². The normalized spacial score (nSPS) is 15.6. The van der Waals surface area contributed by atoms with E-state index in [9.17, 15) is 22.0 Å². The van der Waals surface area contributed by atoms with Gasteiger partial charge >= 0.3 is 0 Å². The van der Waals surface area contributed by atoms with Crippen LogP contribution in [0.15, 0.2) is 6.33 Å². The van der Waals surface area contributed by atoms with Crippen molar-refractivity contribution >= 4 is 17.4 Å². The van der Waals surface area contributed by atoms with Gasteiger partial charge in [0.2, 0.25) is 5.82 Å². The Labute approximate surface area is 155 Å². The molecule has 10 heteroatoms. The molecule has 0 amide bonds. The molecule has 0 atom stereocenters. The first-order chi connectivity index (χ1) is 12.9. The van der Waals surface area contributed by atoms with Crippen LogP contribution < -0.4 is 0 Å². The third-order valence-corrected chi connectivity index (χ3v) is 5.14.